The third kappa shape index (κ3) is 4.94. The molecule has 1 aromatic rings. The number of fused-ring (bicyclic) bond motifs is 1. The summed E-state index contributed by atoms with van der Waals surface area (Å²) in [5.41, 5.74) is 8.53. The number of halogens is 1. The molecule has 23 heavy (non-hydrogen) atoms. The van der Waals surface area contributed by atoms with Crippen molar-refractivity contribution < 1.29 is 9.59 Å². The molecule has 1 aliphatic rings. The molecular weight excluding hydrogens is 314 g/mol. The van der Waals surface area contributed by atoms with Gasteiger partial charge in [0.2, 0.25) is 5.91 Å². The van der Waals surface area contributed by atoms with Crippen LogP contribution in [0.25, 0.3) is 0 Å². The van der Waals surface area contributed by atoms with Crippen molar-refractivity contribution in [1.29, 1.82) is 0 Å². The zero-order valence-electron chi connectivity index (χ0n) is 14.0. The van der Waals surface area contributed by atoms with Crippen LogP contribution < -0.4 is 11.1 Å². The molecule has 1 unspecified atom stereocenters. The number of aryl methyl sites for hydroxylation is 1. The lowest BCUT2D eigenvalue weighted by Gasteiger charge is -2.23. The van der Waals surface area contributed by atoms with E-state index in [1.54, 1.807) is 18.0 Å². The van der Waals surface area contributed by atoms with E-state index in [1.807, 2.05) is 12.1 Å². The minimum atomic E-state index is -0.00402. The van der Waals surface area contributed by atoms with Gasteiger partial charge in [-0.1, -0.05) is 13.8 Å². The zero-order valence-corrected chi connectivity index (χ0v) is 14.8. The fourth-order valence-corrected chi connectivity index (χ4v) is 2.51. The van der Waals surface area contributed by atoms with E-state index in [0.717, 1.165) is 17.7 Å². The Kier molecular flexibility index (Phi) is 7.03. The highest BCUT2D eigenvalue weighted by Crippen LogP contribution is 2.24. The smallest absolute Gasteiger partial charge is 0.253 e. The van der Waals surface area contributed by atoms with Gasteiger partial charge in [0, 0.05) is 37.3 Å². The second-order valence-electron chi connectivity index (χ2n) is 6.34. The van der Waals surface area contributed by atoms with E-state index in [-0.39, 0.29) is 30.3 Å². The number of hydrogen-bond donors (Lipinski definition) is 2. The molecule has 0 aromatic heterocycles. The number of carbonyl (C=O) groups is 2. The van der Waals surface area contributed by atoms with Crippen LogP contribution in [0.3, 0.4) is 0 Å². The van der Waals surface area contributed by atoms with Crippen molar-refractivity contribution in [3.8, 4) is 0 Å². The molecule has 5 nitrogen and oxygen atoms in total. The van der Waals surface area contributed by atoms with E-state index in [4.69, 9.17) is 5.73 Å². The molecule has 0 fully saturated rings. The van der Waals surface area contributed by atoms with E-state index in [9.17, 15) is 9.59 Å². The molecule has 1 heterocycles. The maximum absolute atomic E-state index is 12.5. The van der Waals surface area contributed by atoms with Crippen molar-refractivity contribution in [2.75, 3.05) is 18.9 Å². The molecule has 0 saturated carbocycles. The van der Waals surface area contributed by atoms with Gasteiger partial charge in [-0.2, -0.15) is 0 Å². The fourth-order valence-electron chi connectivity index (χ4n) is 2.51. The largest absolute Gasteiger partial charge is 0.342 e. The Morgan fingerprint density at radius 2 is 2.04 bits per heavy atom. The predicted octanol–water partition coefficient (Wildman–Crippen LogP) is 2.44. The number of nitrogens with two attached hydrogens (primary N) is 1. The minimum Gasteiger partial charge on any atom is -0.342 e. The van der Waals surface area contributed by atoms with E-state index in [2.05, 4.69) is 19.2 Å². The number of benzene rings is 1. The first-order valence-corrected chi connectivity index (χ1v) is 7.82. The SMILES string of the molecule is CC(C)C(N)CCN(C)C(=O)c1ccc2c(c1)CCC(=O)N2.Cl. The van der Waals surface area contributed by atoms with Crippen LogP contribution in [0, 0.1) is 5.92 Å². The van der Waals surface area contributed by atoms with Gasteiger partial charge in [-0.15, -0.1) is 12.4 Å². The molecule has 0 bridgehead atoms. The van der Waals surface area contributed by atoms with Crippen molar-refractivity contribution in [2.24, 2.45) is 11.7 Å². The number of amides is 2. The number of rotatable bonds is 5. The molecule has 1 aromatic carbocycles. The standard InChI is InChI=1S/C17H25N3O2.ClH/c1-11(2)14(18)8-9-20(3)17(22)13-4-6-15-12(10-13)5-7-16(21)19-15;/h4,6,10-11,14H,5,7-9,18H2,1-3H3,(H,19,21);1H. The van der Waals surface area contributed by atoms with E-state index in [1.165, 1.54) is 0 Å². The van der Waals surface area contributed by atoms with Crippen molar-refractivity contribution in [2.45, 2.75) is 39.2 Å². The first-order valence-electron chi connectivity index (χ1n) is 7.82. The van der Waals surface area contributed by atoms with Gasteiger partial charge in [-0.25, -0.2) is 0 Å². The summed E-state index contributed by atoms with van der Waals surface area (Å²) in [6.45, 7) is 4.82. The summed E-state index contributed by atoms with van der Waals surface area (Å²) in [6, 6.07) is 5.57. The number of hydrogen-bond acceptors (Lipinski definition) is 3. The topological polar surface area (TPSA) is 75.4 Å². The molecule has 1 aliphatic heterocycles. The number of nitrogens with zero attached hydrogens (tertiary/aromatic N) is 1. The third-order valence-corrected chi connectivity index (χ3v) is 4.25. The van der Waals surface area contributed by atoms with Gasteiger partial charge in [-0.05, 0) is 42.5 Å². The van der Waals surface area contributed by atoms with Gasteiger partial charge in [-0.3, -0.25) is 9.59 Å². The van der Waals surface area contributed by atoms with Gasteiger partial charge in [0.05, 0.1) is 0 Å². The number of anilines is 1. The lowest BCUT2D eigenvalue weighted by Crippen LogP contribution is -2.34. The second-order valence-corrected chi connectivity index (χ2v) is 6.34. The molecule has 0 radical (unpaired) electrons. The van der Waals surface area contributed by atoms with Crippen molar-refractivity contribution >= 4 is 29.9 Å². The molecule has 128 valence electrons. The molecular formula is C17H26ClN3O2. The van der Waals surface area contributed by atoms with Crippen LogP contribution in [0.2, 0.25) is 0 Å². The molecule has 1 atom stereocenters. The Hall–Kier alpha value is -1.59. The molecule has 2 rings (SSSR count). The van der Waals surface area contributed by atoms with Crippen LogP contribution in [0.4, 0.5) is 5.69 Å². The summed E-state index contributed by atoms with van der Waals surface area (Å²) < 4.78 is 0. The van der Waals surface area contributed by atoms with Crippen molar-refractivity contribution in [1.82, 2.24) is 4.90 Å². The van der Waals surface area contributed by atoms with E-state index in [0.29, 0.717) is 30.9 Å². The second kappa shape index (κ2) is 8.31. The average Bonchev–Trinajstić information content (AvgIpc) is 2.50. The van der Waals surface area contributed by atoms with Crippen LogP contribution in [0.1, 0.15) is 42.6 Å². The average molecular weight is 340 g/mol. The molecule has 0 saturated heterocycles. The highest BCUT2D eigenvalue weighted by molar-refractivity contribution is 5.97. The fraction of sp³-hybridized carbons (Fsp3) is 0.529. The first-order chi connectivity index (χ1) is 10.4. The minimum absolute atomic E-state index is 0. The maximum Gasteiger partial charge on any atom is 0.253 e. The quantitative estimate of drug-likeness (QED) is 0.865. The van der Waals surface area contributed by atoms with Gasteiger partial charge in [0.15, 0.2) is 0 Å². The van der Waals surface area contributed by atoms with Crippen molar-refractivity contribution in [3.05, 3.63) is 29.3 Å². The molecule has 0 spiro atoms. The predicted molar refractivity (Wildman–Crippen MR) is 95.0 cm³/mol. The highest BCUT2D eigenvalue weighted by Gasteiger charge is 2.19. The highest BCUT2D eigenvalue weighted by atomic mass is 35.5. The Morgan fingerprint density at radius 1 is 1.35 bits per heavy atom. The summed E-state index contributed by atoms with van der Waals surface area (Å²) in [5, 5.41) is 2.83. The van der Waals surface area contributed by atoms with E-state index >= 15 is 0 Å². The Balaban J connectivity index is 0.00000264. The lowest BCUT2D eigenvalue weighted by molar-refractivity contribution is -0.116. The summed E-state index contributed by atoms with van der Waals surface area (Å²) >= 11 is 0. The Bertz CT molecular complexity index is 575. The molecule has 3 N–H and O–H groups in total. The Labute approximate surface area is 144 Å². The summed E-state index contributed by atoms with van der Waals surface area (Å²) in [7, 11) is 1.80. The molecule has 0 aliphatic carbocycles. The summed E-state index contributed by atoms with van der Waals surface area (Å²) in [5.74, 6) is 0.442. The van der Waals surface area contributed by atoms with Crippen LogP contribution in [-0.4, -0.2) is 36.3 Å². The van der Waals surface area contributed by atoms with Crippen molar-refractivity contribution in [3.63, 3.8) is 0 Å². The van der Waals surface area contributed by atoms with Gasteiger partial charge < -0.3 is 16.0 Å². The normalized spacial score (nSPS) is 14.6. The summed E-state index contributed by atoms with van der Waals surface area (Å²) in [6.07, 6.45) is 1.95. The van der Waals surface area contributed by atoms with Crippen LogP contribution in [0.15, 0.2) is 18.2 Å². The molecule has 6 heteroatoms. The van der Waals surface area contributed by atoms with Gasteiger partial charge >= 0.3 is 0 Å². The zero-order chi connectivity index (χ0) is 16.3. The first kappa shape index (κ1) is 19.5. The van der Waals surface area contributed by atoms with Gasteiger partial charge in [0.25, 0.3) is 5.91 Å². The Morgan fingerprint density at radius 3 is 2.70 bits per heavy atom. The van der Waals surface area contributed by atoms with Gasteiger partial charge in [0.1, 0.15) is 0 Å². The third-order valence-electron chi connectivity index (χ3n) is 4.25. The van der Waals surface area contributed by atoms with E-state index < -0.39 is 0 Å². The number of carbonyl (C=O) groups excluding carboxylic acids is 2. The number of nitrogens with one attached hydrogen (secondary N) is 1. The monoisotopic (exact) mass is 339 g/mol. The summed E-state index contributed by atoms with van der Waals surface area (Å²) in [4.78, 5) is 25.5. The maximum atomic E-state index is 12.5. The van der Waals surface area contributed by atoms with Crippen LogP contribution in [0.5, 0.6) is 0 Å². The lowest BCUT2D eigenvalue weighted by atomic mass is 9.99. The van der Waals surface area contributed by atoms with Crippen LogP contribution in [-0.2, 0) is 11.2 Å². The molecule has 2 amide bonds. The van der Waals surface area contributed by atoms with Crippen LogP contribution >= 0.6 is 12.4 Å².